The van der Waals surface area contributed by atoms with Gasteiger partial charge in [0.2, 0.25) is 0 Å². The molecule has 0 aliphatic carbocycles. The third kappa shape index (κ3) is 2.25. The molecule has 1 rings (SSSR count). The third-order valence-electron chi connectivity index (χ3n) is 1.94. The molecule has 78 valence electrons. The van der Waals surface area contributed by atoms with Crippen molar-refractivity contribution in [3.8, 4) is 0 Å². The van der Waals surface area contributed by atoms with Gasteiger partial charge in [-0.05, 0) is 23.6 Å². The van der Waals surface area contributed by atoms with E-state index >= 15 is 0 Å². The average molecular weight is 206 g/mol. The molecule has 0 saturated carbocycles. The lowest BCUT2D eigenvalue weighted by Gasteiger charge is -2.15. The number of alkyl halides is 3. The Morgan fingerprint density at radius 1 is 1.14 bits per heavy atom. The molecule has 0 spiro atoms. The normalized spacial score (nSPS) is 12.2. The summed E-state index contributed by atoms with van der Waals surface area (Å²) in [6, 6.07) is 2.77. The van der Waals surface area contributed by atoms with E-state index in [1.165, 1.54) is 6.07 Å². The molecule has 14 heavy (non-hydrogen) atoms. The van der Waals surface area contributed by atoms with Crippen molar-refractivity contribution in [1.29, 1.82) is 0 Å². The minimum atomic E-state index is -4.48. The van der Waals surface area contributed by atoms with Crippen LogP contribution >= 0.6 is 0 Å². The van der Waals surface area contributed by atoms with Crippen LogP contribution in [0.2, 0.25) is 0 Å². The standard InChI is InChI=1S/C10H10F4/c1-6(2)8-4-3-7(11)5-9(8)10(12,13)14/h3-6H,1-2H3. The molecular weight excluding hydrogens is 196 g/mol. The molecule has 0 radical (unpaired) electrons. The smallest absolute Gasteiger partial charge is 0.207 e. The van der Waals surface area contributed by atoms with Gasteiger partial charge in [0, 0.05) is 0 Å². The zero-order valence-corrected chi connectivity index (χ0v) is 7.82. The Balaban J connectivity index is 3.30. The molecule has 0 fully saturated rings. The molecular formula is C10H10F4. The number of hydrogen-bond acceptors (Lipinski definition) is 0. The first kappa shape index (κ1) is 11.0. The van der Waals surface area contributed by atoms with Gasteiger partial charge in [-0.25, -0.2) is 4.39 Å². The number of benzene rings is 1. The first-order valence-corrected chi connectivity index (χ1v) is 4.19. The summed E-state index contributed by atoms with van der Waals surface area (Å²) in [6.45, 7) is 3.28. The van der Waals surface area contributed by atoms with Crippen LogP contribution in [0.15, 0.2) is 18.2 Å². The van der Waals surface area contributed by atoms with Gasteiger partial charge in [0.15, 0.2) is 0 Å². The third-order valence-corrected chi connectivity index (χ3v) is 1.94. The van der Waals surface area contributed by atoms with Crippen molar-refractivity contribution in [2.75, 3.05) is 0 Å². The first-order valence-electron chi connectivity index (χ1n) is 4.19. The number of rotatable bonds is 1. The Labute approximate surface area is 79.6 Å². The van der Waals surface area contributed by atoms with Gasteiger partial charge in [-0.1, -0.05) is 19.9 Å². The summed E-state index contributed by atoms with van der Waals surface area (Å²) >= 11 is 0. The van der Waals surface area contributed by atoms with E-state index in [1.54, 1.807) is 13.8 Å². The lowest BCUT2D eigenvalue weighted by Crippen LogP contribution is -2.10. The van der Waals surface area contributed by atoms with E-state index in [0.717, 1.165) is 6.07 Å². The van der Waals surface area contributed by atoms with Crippen LogP contribution in [0.3, 0.4) is 0 Å². The summed E-state index contributed by atoms with van der Waals surface area (Å²) in [7, 11) is 0. The topological polar surface area (TPSA) is 0 Å². The van der Waals surface area contributed by atoms with Gasteiger partial charge in [-0.3, -0.25) is 0 Å². The fourth-order valence-corrected chi connectivity index (χ4v) is 1.28. The van der Waals surface area contributed by atoms with Gasteiger partial charge in [-0.2, -0.15) is 13.2 Å². The molecule has 1 aromatic rings. The van der Waals surface area contributed by atoms with Crippen LogP contribution in [-0.2, 0) is 6.18 Å². The Morgan fingerprint density at radius 3 is 2.14 bits per heavy atom. The monoisotopic (exact) mass is 206 g/mol. The van der Waals surface area contributed by atoms with E-state index in [-0.39, 0.29) is 11.5 Å². The molecule has 4 heteroatoms. The van der Waals surface area contributed by atoms with Crippen LogP contribution in [0, 0.1) is 5.82 Å². The zero-order valence-electron chi connectivity index (χ0n) is 7.82. The summed E-state index contributed by atoms with van der Waals surface area (Å²) in [5, 5.41) is 0. The van der Waals surface area contributed by atoms with Crippen LogP contribution in [-0.4, -0.2) is 0 Å². The SMILES string of the molecule is CC(C)c1ccc(F)cc1C(F)(F)F. The maximum Gasteiger partial charge on any atom is 0.416 e. The van der Waals surface area contributed by atoms with Gasteiger partial charge >= 0.3 is 6.18 Å². The molecule has 0 aromatic heterocycles. The maximum absolute atomic E-state index is 12.6. The minimum Gasteiger partial charge on any atom is -0.207 e. The van der Waals surface area contributed by atoms with E-state index in [9.17, 15) is 17.6 Å². The molecule has 1 aromatic carbocycles. The van der Waals surface area contributed by atoms with Crippen molar-refractivity contribution >= 4 is 0 Å². The second kappa shape index (κ2) is 3.59. The van der Waals surface area contributed by atoms with Crippen LogP contribution in [0.1, 0.15) is 30.9 Å². The second-order valence-corrected chi connectivity index (χ2v) is 3.38. The van der Waals surface area contributed by atoms with Crippen molar-refractivity contribution in [3.05, 3.63) is 35.1 Å². The fraction of sp³-hybridized carbons (Fsp3) is 0.400. The van der Waals surface area contributed by atoms with E-state index < -0.39 is 17.6 Å². The van der Waals surface area contributed by atoms with Gasteiger partial charge in [0.25, 0.3) is 0 Å². The van der Waals surface area contributed by atoms with Gasteiger partial charge in [0.1, 0.15) is 5.82 Å². The Hall–Kier alpha value is -1.06. The predicted molar refractivity (Wildman–Crippen MR) is 45.5 cm³/mol. The molecule has 0 heterocycles. The molecule has 0 nitrogen and oxygen atoms in total. The molecule has 0 aliphatic rings. The van der Waals surface area contributed by atoms with E-state index in [0.29, 0.717) is 6.07 Å². The summed E-state index contributed by atoms with van der Waals surface area (Å²) < 4.78 is 49.9. The second-order valence-electron chi connectivity index (χ2n) is 3.38. The number of hydrogen-bond donors (Lipinski definition) is 0. The Kier molecular flexibility index (Phi) is 2.83. The van der Waals surface area contributed by atoms with E-state index in [1.807, 2.05) is 0 Å². The molecule has 0 aliphatic heterocycles. The Bertz CT molecular complexity index is 325. The van der Waals surface area contributed by atoms with Crippen molar-refractivity contribution in [1.82, 2.24) is 0 Å². The van der Waals surface area contributed by atoms with Crippen LogP contribution in [0.5, 0.6) is 0 Å². The van der Waals surface area contributed by atoms with Gasteiger partial charge < -0.3 is 0 Å². The molecule has 0 unspecified atom stereocenters. The molecule has 0 N–H and O–H groups in total. The molecule has 0 atom stereocenters. The summed E-state index contributed by atoms with van der Waals surface area (Å²) in [5.41, 5.74) is -0.758. The van der Waals surface area contributed by atoms with Crippen LogP contribution < -0.4 is 0 Å². The summed E-state index contributed by atoms with van der Waals surface area (Å²) in [6.07, 6.45) is -4.48. The van der Waals surface area contributed by atoms with Crippen molar-refractivity contribution in [2.24, 2.45) is 0 Å². The highest BCUT2D eigenvalue weighted by Gasteiger charge is 2.34. The van der Waals surface area contributed by atoms with Crippen LogP contribution in [0.25, 0.3) is 0 Å². The lowest BCUT2D eigenvalue weighted by molar-refractivity contribution is -0.138. The van der Waals surface area contributed by atoms with Crippen molar-refractivity contribution in [2.45, 2.75) is 25.9 Å². The predicted octanol–water partition coefficient (Wildman–Crippen LogP) is 3.97. The van der Waals surface area contributed by atoms with Gasteiger partial charge in [-0.15, -0.1) is 0 Å². The largest absolute Gasteiger partial charge is 0.416 e. The average Bonchev–Trinajstić information content (AvgIpc) is 2.01. The quantitative estimate of drug-likeness (QED) is 0.610. The summed E-state index contributed by atoms with van der Waals surface area (Å²) in [4.78, 5) is 0. The molecule has 0 saturated heterocycles. The molecule has 0 amide bonds. The van der Waals surface area contributed by atoms with Crippen molar-refractivity contribution < 1.29 is 17.6 Å². The van der Waals surface area contributed by atoms with Crippen LogP contribution in [0.4, 0.5) is 17.6 Å². The summed E-state index contributed by atoms with van der Waals surface area (Å²) in [5.74, 6) is -1.13. The van der Waals surface area contributed by atoms with E-state index in [4.69, 9.17) is 0 Å². The highest BCUT2D eigenvalue weighted by Crippen LogP contribution is 2.35. The van der Waals surface area contributed by atoms with Gasteiger partial charge in [0.05, 0.1) is 5.56 Å². The fourth-order valence-electron chi connectivity index (χ4n) is 1.28. The lowest BCUT2D eigenvalue weighted by atomic mass is 9.97. The highest BCUT2D eigenvalue weighted by molar-refractivity contribution is 5.32. The molecule has 0 bridgehead atoms. The zero-order chi connectivity index (χ0) is 10.9. The number of halogens is 4. The van der Waals surface area contributed by atoms with Crippen molar-refractivity contribution in [3.63, 3.8) is 0 Å². The Morgan fingerprint density at radius 2 is 1.71 bits per heavy atom. The minimum absolute atomic E-state index is 0.124. The highest BCUT2D eigenvalue weighted by atomic mass is 19.4. The first-order chi connectivity index (χ1) is 6.32. The maximum atomic E-state index is 12.6. The van der Waals surface area contributed by atoms with E-state index in [2.05, 4.69) is 0 Å².